The fourth-order valence-corrected chi connectivity index (χ4v) is 4.97. The summed E-state index contributed by atoms with van der Waals surface area (Å²) in [6, 6.07) is 19.3. The molecular weight excluding hydrogens is 424 g/mol. The maximum absolute atomic E-state index is 13.5. The molecule has 6 nitrogen and oxygen atoms in total. The number of hydrogen-bond donors (Lipinski definition) is 2. The van der Waals surface area contributed by atoms with E-state index in [9.17, 15) is 9.90 Å². The second-order valence-electron chi connectivity index (χ2n) is 8.39. The lowest BCUT2D eigenvalue weighted by atomic mass is 9.86. The summed E-state index contributed by atoms with van der Waals surface area (Å²) in [4.78, 5) is 21.8. The lowest BCUT2D eigenvalue weighted by Gasteiger charge is -2.48. The number of nitrogens with zero attached hydrogens (tertiary/aromatic N) is 3. The van der Waals surface area contributed by atoms with Gasteiger partial charge in [-0.2, -0.15) is 0 Å². The predicted octanol–water partition coefficient (Wildman–Crippen LogP) is 3.28. The summed E-state index contributed by atoms with van der Waals surface area (Å²) in [7, 11) is 0. The first-order valence-corrected chi connectivity index (χ1v) is 11.1. The summed E-state index contributed by atoms with van der Waals surface area (Å²) in [5.74, 6) is -0.0671. The molecule has 1 saturated heterocycles. The molecule has 3 heterocycles. The van der Waals surface area contributed by atoms with Crippen LogP contribution in [-0.4, -0.2) is 45.2 Å². The molecule has 1 amide bonds. The van der Waals surface area contributed by atoms with Gasteiger partial charge in [-0.05, 0) is 42.3 Å². The summed E-state index contributed by atoms with van der Waals surface area (Å²) in [6.07, 6.45) is 1.25. The smallest absolute Gasteiger partial charge is 0.257 e. The number of hydrogen-bond acceptors (Lipinski definition) is 5. The first kappa shape index (κ1) is 21.1. The number of aromatic nitrogens is 1. The number of carbonyl (C=O) groups excluding carboxylic acids is 1. The summed E-state index contributed by atoms with van der Waals surface area (Å²) < 4.78 is 0. The highest BCUT2D eigenvalue weighted by Gasteiger charge is 2.56. The van der Waals surface area contributed by atoms with Gasteiger partial charge in [0.05, 0.1) is 11.3 Å². The first-order chi connectivity index (χ1) is 15.5. The van der Waals surface area contributed by atoms with E-state index in [1.54, 1.807) is 12.3 Å². The van der Waals surface area contributed by atoms with Crippen molar-refractivity contribution in [1.29, 1.82) is 0 Å². The molecule has 2 aliphatic heterocycles. The fraction of sp³-hybridized carbons (Fsp3) is 0.280. The summed E-state index contributed by atoms with van der Waals surface area (Å²) in [6.45, 7) is 3.60. The molecule has 0 bridgehead atoms. The second-order valence-corrected chi connectivity index (χ2v) is 8.82. The molecule has 3 aromatic rings. The molecule has 32 heavy (non-hydrogen) atoms. The Morgan fingerprint density at radius 2 is 1.88 bits per heavy atom. The van der Waals surface area contributed by atoms with E-state index >= 15 is 0 Å². The topological polar surface area (TPSA) is 68.7 Å². The van der Waals surface area contributed by atoms with E-state index in [1.165, 1.54) is 5.56 Å². The van der Waals surface area contributed by atoms with E-state index < -0.39 is 12.0 Å². The Balaban J connectivity index is 1.51. The van der Waals surface area contributed by atoms with Gasteiger partial charge in [-0.3, -0.25) is 15.1 Å². The minimum atomic E-state index is -0.949. The van der Waals surface area contributed by atoms with Crippen molar-refractivity contribution in [1.82, 2.24) is 20.1 Å². The second kappa shape index (κ2) is 8.30. The third-order valence-electron chi connectivity index (χ3n) is 6.48. The number of nitrogens with one attached hydrogen (secondary N) is 1. The van der Waals surface area contributed by atoms with Gasteiger partial charge in [-0.25, -0.2) is 4.90 Å². The van der Waals surface area contributed by atoms with Gasteiger partial charge in [0.2, 0.25) is 0 Å². The maximum atomic E-state index is 13.5. The number of amides is 1. The van der Waals surface area contributed by atoms with Crippen molar-refractivity contribution in [2.24, 2.45) is 0 Å². The predicted molar refractivity (Wildman–Crippen MR) is 123 cm³/mol. The van der Waals surface area contributed by atoms with Gasteiger partial charge in [0, 0.05) is 37.3 Å². The lowest BCUT2D eigenvalue weighted by molar-refractivity contribution is -0.105. The molecule has 0 radical (unpaired) electrons. The lowest BCUT2D eigenvalue weighted by Crippen LogP contribution is -2.61. The van der Waals surface area contributed by atoms with Crippen LogP contribution >= 0.6 is 11.6 Å². The SMILES string of the molecule is Cc1ccc(CNC(O)N2CCN3C(=O)c4cccnc4CC32c2ccc(Cl)cc2)cc1. The summed E-state index contributed by atoms with van der Waals surface area (Å²) >= 11 is 6.16. The van der Waals surface area contributed by atoms with Crippen LogP contribution in [0.25, 0.3) is 0 Å². The molecule has 2 unspecified atom stereocenters. The number of rotatable bonds is 5. The Kier molecular flexibility index (Phi) is 5.47. The molecule has 5 rings (SSSR count). The number of fused-ring (bicyclic) bond motifs is 2. The number of halogens is 1. The van der Waals surface area contributed by atoms with Crippen LogP contribution in [0.2, 0.25) is 5.02 Å². The highest BCUT2D eigenvalue weighted by Crippen LogP contribution is 2.45. The standard InChI is InChI=1S/C25H25ClN4O2/c1-17-4-6-18(7-5-17)16-28-24(32)30-14-13-29-23(31)21-3-2-12-27-22(21)15-25(29,30)19-8-10-20(26)11-9-19/h2-12,24,28,32H,13-16H2,1H3. The van der Waals surface area contributed by atoms with Crippen LogP contribution in [0.3, 0.4) is 0 Å². The number of aliphatic hydroxyl groups is 1. The van der Waals surface area contributed by atoms with Crippen LogP contribution in [-0.2, 0) is 18.6 Å². The van der Waals surface area contributed by atoms with Gasteiger partial charge < -0.3 is 10.0 Å². The van der Waals surface area contributed by atoms with Gasteiger partial charge in [0.25, 0.3) is 5.91 Å². The number of pyridine rings is 1. The van der Waals surface area contributed by atoms with Crippen LogP contribution in [0.15, 0.2) is 66.9 Å². The Morgan fingerprint density at radius 3 is 2.62 bits per heavy atom. The number of aryl methyl sites for hydroxylation is 1. The Morgan fingerprint density at radius 1 is 1.12 bits per heavy atom. The van der Waals surface area contributed by atoms with Crippen molar-refractivity contribution in [2.45, 2.75) is 31.9 Å². The number of benzene rings is 2. The average molecular weight is 449 g/mol. The van der Waals surface area contributed by atoms with Gasteiger partial charge >= 0.3 is 0 Å². The molecule has 1 fully saturated rings. The Labute approximate surface area is 192 Å². The van der Waals surface area contributed by atoms with Crippen molar-refractivity contribution in [3.8, 4) is 0 Å². The Hall–Kier alpha value is -2.77. The molecule has 7 heteroatoms. The zero-order valence-corrected chi connectivity index (χ0v) is 18.6. The van der Waals surface area contributed by atoms with Gasteiger partial charge in [-0.1, -0.05) is 53.6 Å². The van der Waals surface area contributed by atoms with Crippen molar-refractivity contribution in [3.63, 3.8) is 0 Å². The van der Waals surface area contributed by atoms with Gasteiger partial charge in [-0.15, -0.1) is 0 Å². The third kappa shape index (κ3) is 3.49. The Bertz CT molecular complexity index is 1140. The van der Waals surface area contributed by atoms with Gasteiger partial charge in [0.15, 0.2) is 6.35 Å². The largest absolute Gasteiger partial charge is 0.365 e. The van der Waals surface area contributed by atoms with Crippen LogP contribution in [0.1, 0.15) is 32.7 Å². The van der Waals surface area contributed by atoms with E-state index in [4.69, 9.17) is 11.6 Å². The first-order valence-electron chi connectivity index (χ1n) is 10.7. The molecular formula is C25H25ClN4O2. The fourth-order valence-electron chi connectivity index (χ4n) is 4.84. The molecule has 2 aliphatic rings. The highest BCUT2D eigenvalue weighted by molar-refractivity contribution is 6.30. The third-order valence-corrected chi connectivity index (χ3v) is 6.73. The highest BCUT2D eigenvalue weighted by atomic mass is 35.5. The minimum absolute atomic E-state index is 0.0671. The summed E-state index contributed by atoms with van der Waals surface area (Å²) in [5, 5.41) is 15.1. The molecule has 164 valence electrons. The van der Waals surface area contributed by atoms with Crippen molar-refractivity contribution >= 4 is 17.5 Å². The molecule has 2 N–H and O–H groups in total. The zero-order valence-electron chi connectivity index (χ0n) is 17.8. The quantitative estimate of drug-likeness (QED) is 0.586. The van der Waals surface area contributed by atoms with Crippen LogP contribution in [0.4, 0.5) is 0 Å². The molecule has 2 aromatic carbocycles. The van der Waals surface area contributed by atoms with Gasteiger partial charge in [0.1, 0.15) is 5.66 Å². The van der Waals surface area contributed by atoms with Crippen molar-refractivity contribution in [2.75, 3.05) is 13.1 Å². The molecule has 0 aliphatic carbocycles. The number of aliphatic hydroxyl groups excluding tert-OH is 1. The van der Waals surface area contributed by atoms with Crippen LogP contribution < -0.4 is 5.32 Å². The molecule has 1 aromatic heterocycles. The summed E-state index contributed by atoms with van der Waals surface area (Å²) in [5.41, 5.74) is 3.70. The molecule has 0 spiro atoms. The van der Waals surface area contributed by atoms with Crippen molar-refractivity contribution < 1.29 is 9.90 Å². The van der Waals surface area contributed by atoms with Crippen LogP contribution in [0.5, 0.6) is 0 Å². The van der Waals surface area contributed by atoms with E-state index in [0.29, 0.717) is 36.6 Å². The van der Waals surface area contributed by atoms with Crippen LogP contribution in [0, 0.1) is 6.92 Å². The van der Waals surface area contributed by atoms with E-state index in [2.05, 4.69) is 22.4 Å². The minimum Gasteiger partial charge on any atom is -0.365 e. The van der Waals surface area contributed by atoms with Crippen molar-refractivity contribution in [3.05, 3.63) is 99.8 Å². The average Bonchev–Trinajstić information content (AvgIpc) is 3.20. The van der Waals surface area contributed by atoms with E-state index in [-0.39, 0.29) is 5.91 Å². The van der Waals surface area contributed by atoms with E-state index in [0.717, 1.165) is 16.8 Å². The zero-order chi connectivity index (χ0) is 22.3. The van der Waals surface area contributed by atoms with E-state index in [1.807, 2.05) is 59.2 Å². The molecule has 0 saturated carbocycles. The maximum Gasteiger partial charge on any atom is 0.257 e. The normalized spacial score (nSPS) is 21.3. The molecule has 2 atom stereocenters. The number of carbonyl (C=O) groups is 1. The monoisotopic (exact) mass is 448 g/mol.